The van der Waals surface area contributed by atoms with Gasteiger partial charge in [0, 0.05) is 76.3 Å². The maximum absolute atomic E-state index is 13.7. The molecule has 0 aliphatic carbocycles. The molecule has 0 radical (unpaired) electrons. The summed E-state index contributed by atoms with van der Waals surface area (Å²) >= 11 is 0. The number of hydrogen-bond acceptors (Lipinski definition) is 14. The van der Waals surface area contributed by atoms with Crippen molar-refractivity contribution in [1.82, 2.24) is 26.2 Å². The van der Waals surface area contributed by atoms with E-state index in [1.54, 1.807) is 0 Å². The summed E-state index contributed by atoms with van der Waals surface area (Å²) in [6, 6.07) is -4.63. The van der Waals surface area contributed by atoms with E-state index in [1.807, 2.05) is 27.7 Å². The molecule has 0 aromatic heterocycles. The highest BCUT2D eigenvalue weighted by Gasteiger charge is 2.37. The van der Waals surface area contributed by atoms with Crippen molar-refractivity contribution >= 4 is 64.4 Å². The number of amides is 5. The Hall–Kier alpha value is -4.95. The van der Waals surface area contributed by atoms with Crippen molar-refractivity contribution in [2.45, 2.75) is 187 Å². The van der Waals surface area contributed by atoms with E-state index in [9.17, 15) is 63.0 Å². The molecule has 2 rings (SSSR count). The van der Waals surface area contributed by atoms with Crippen molar-refractivity contribution in [2.24, 2.45) is 41.1 Å². The van der Waals surface area contributed by atoms with Gasteiger partial charge < -0.3 is 47.8 Å². The Morgan fingerprint density at radius 1 is 0.676 bits per heavy atom. The third kappa shape index (κ3) is 21.1. The number of carboxylic acids is 1. The maximum Gasteiger partial charge on any atom is 0.306 e. The minimum Gasteiger partial charge on any atom is -0.481 e. The molecule has 2 saturated heterocycles. The van der Waals surface area contributed by atoms with Gasteiger partial charge in [-0.05, 0) is 83.6 Å². The number of nitrogens with zero attached hydrogens (tertiary/aromatic N) is 1. The minimum absolute atomic E-state index is 0.0387. The first-order chi connectivity index (χ1) is 31.9. The maximum atomic E-state index is 13.7. The van der Waals surface area contributed by atoms with Gasteiger partial charge in [-0.2, -0.15) is 0 Å². The lowest BCUT2D eigenvalue weighted by molar-refractivity contribution is -0.145. The Morgan fingerprint density at radius 2 is 1.26 bits per heavy atom. The van der Waals surface area contributed by atoms with Crippen LogP contribution in [-0.4, -0.2) is 135 Å². The largest absolute Gasteiger partial charge is 0.481 e. The first kappa shape index (κ1) is 59.2. The SMILES string of the molecule is CC(C)C[C@H](CC(=O)[C@H](C)NC(=O)[C@@H](CC(=O)[C@H](CCC(N)=O)NC(=O)CCC(=O)[C@@H]1C[C@@H](O)CN1)CC(C)C)C(=O)N[C@@H](C)C(=O)CCC(=O)N1CCC[C@H]1C(=O)C[C@@H](CCCCN)C(=O)O. The molecule has 0 spiro atoms. The highest BCUT2D eigenvalue weighted by molar-refractivity contribution is 5.98. The number of hydrogen-bond donors (Lipinski definition) is 8. The number of aliphatic hydroxyl groups is 1. The fourth-order valence-electron chi connectivity index (χ4n) is 8.79. The monoisotopic (exact) mass is 962 g/mol. The first-order valence-corrected chi connectivity index (χ1v) is 24.4. The molecule has 10 N–H and O–H groups in total. The summed E-state index contributed by atoms with van der Waals surface area (Å²) in [5.74, 6) is -8.82. The predicted molar refractivity (Wildman–Crippen MR) is 250 cm³/mol. The summed E-state index contributed by atoms with van der Waals surface area (Å²) in [6.45, 7) is 11.3. The van der Waals surface area contributed by atoms with Crippen LogP contribution in [0.5, 0.6) is 0 Å². The molecular formula is C48H79N7O13. The molecule has 0 bridgehead atoms. The van der Waals surface area contributed by atoms with E-state index < -0.39 is 107 Å². The van der Waals surface area contributed by atoms with Crippen molar-refractivity contribution in [3.05, 3.63) is 0 Å². The van der Waals surface area contributed by atoms with Crippen LogP contribution in [0, 0.1) is 29.6 Å². The third-order valence-electron chi connectivity index (χ3n) is 12.7. The quantitative estimate of drug-likeness (QED) is 0.0420. The molecule has 20 nitrogen and oxygen atoms in total. The van der Waals surface area contributed by atoms with Gasteiger partial charge in [-0.25, -0.2) is 0 Å². The number of β-amino-alcohol motifs (C(OH)–C–C–N with tert-alkyl or cyclic N) is 1. The Morgan fingerprint density at radius 3 is 1.79 bits per heavy atom. The number of ketones is 5. The van der Waals surface area contributed by atoms with E-state index in [0.29, 0.717) is 45.2 Å². The van der Waals surface area contributed by atoms with Crippen molar-refractivity contribution in [1.29, 1.82) is 0 Å². The van der Waals surface area contributed by atoms with Crippen LogP contribution in [0.4, 0.5) is 0 Å². The predicted octanol–water partition coefficient (Wildman–Crippen LogP) is 1.19. The number of unbranched alkanes of at least 4 members (excludes halogenated alkanes) is 1. The van der Waals surface area contributed by atoms with Crippen LogP contribution in [0.3, 0.4) is 0 Å². The van der Waals surface area contributed by atoms with Crippen LogP contribution in [0.1, 0.15) is 151 Å². The standard InChI is InChI=1S/C48H79N7O13/c1-27(2)20-32(46(65)52-29(5)38(57)14-17-45(64)55-19-9-11-37(55)42(61)22-31(48(67)68)10-7-8-18-49)23-40(59)30(6)53-47(66)33(21-28(3)4)24-41(60)35(12-15-43(50)62)54-44(63)16-13-39(58)36-25-34(56)26-51-36/h27-37,51,56H,7-26,49H2,1-6H3,(H2,50,62)(H,52,65)(H,53,66)(H,54,63)(H,67,68)/t29-,30-,31+,32+,33+,34+,35-,36-,37-/m0/s1. The summed E-state index contributed by atoms with van der Waals surface area (Å²) < 4.78 is 0. The summed E-state index contributed by atoms with van der Waals surface area (Å²) in [5, 5.41) is 30.2. The number of carbonyl (C=O) groups excluding carboxylic acids is 10. The molecule has 0 saturated carbocycles. The molecule has 9 atom stereocenters. The zero-order chi connectivity index (χ0) is 51.2. The summed E-state index contributed by atoms with van der Waals surface area (Å²) in [6.07, 6.45) is 0.536. The fraction of sp³-hybridized carbons (Fsp3) is 0.771. The highest BCUT2D eigenvalue weighted by Crippen LogP contribution is 2.25. The Balaban J connectivity index is 2.02. The molecule has 2 heterocycles. The average Bonchev–Trinajstić information content (AvgIpc) is 3.94. The molecule has 0 unspecified atom stereocenters. The fourth-order valence-corrected chi connectivity index (χ4v) is 8.79. The molecule has 2 aliphatic heterocycles. The van der Waals surface area contributed by atoms with Crippen LogP contribution in [0.2, 0.25) is 0 Å². The second-order valence-electron chi connectivity index (χ2n) is 19.6. The van der Waals surface area contributed by atoms with Gasteiger partial charge >= 0.3 is 5.97 Å². The van der Waals surface area contributed by atoms with E-state index in [2.05, 4.69) is 21.3 Å². The summed E-state index contributed by atoms with van der Waals surface area (Å²) in [7, 11) is 0. The lowest BCUT2D eigenvalue weighted by Crippen LogP contribution is -2.47. The molecule has 2 aliphatic rings. The van der Waals surface area contributed by atoms with Gasteiger partial charge in [-0.3, -0.25) is 52.7 Å². The lowest BCUT2D eigenvalue weighted by Gasteiger charge is -2.25. The topological polar surface area (TPSA) is 332 Å². The Kier molecular flexibility index (Phi) is 26.0. The number of carboxylic acid groups (broad SMARTS) is 1. The number of nitrogens with two attached hydrogens (primary N) is 2. The Labute approximate surface area is 400 Å². The lowest BCUT2D eigenvalue weighted by atomic mass is 9.87. The molecule has 20 heteroatoms. The number of Topliss-reactive ketones (excluding diaryl/α,β-unsaturated/α-hetero) is 5. The van der Waals surface area contributed by atoms with E-state index in [4.69, 9.17) is 11.5 Å². The average molecular weight is 962 g/mol. The van der Waals surface area contributed by atoms with Gasteiger partial charge in [0.2, 0.25) is 29.5 Å². The van der Waals surface area contributed by atoms with Crippen molar-refractivity contribution in [3.63, 3.8) is 0 Å². The number of rotatable bonds is 34. The smallest absolute Gasteiger partial charge is 0.306 e. The second-order valence-corrected chi connectivity index (χ2v) is 19.6. The van der Waals surface area contributed by atoms with E-state index in [0.717, 1.165) is 0 Å². The van der Waals surface area contributed by atoms with Crippen LogP contribution in [-0.2, 0) is 52.7 Å². The molecule has 384 valence electrons. The van der Waals surface area contributed by atoms with Crippen molar-refractivity contribution in [3.8, 4) is 0 Å². The number of aliphatic carboxylic acids is 1. The van der Waals surface area contributed by atoms with Crippen LogP contribution in [0.25, 0.3) is 0 Å². The minimum atomic E-state index is -1.18. The number of nitrogens with one attached hydrogen (secondary N) is 4. The Bertz CT molecular complexity index is 1790. The van der Waals surface area contributed by atoms with Crippen molar-refractivity contribution < 1.29 is 63.0 Å². The van der Waals surface area contributed by atoms with E-state index in [1.165, 1.54) is 18.7 Å². The molecule has 5 amide bonds. The number of carbonyl (C=O) groups is 11. The first-order valence-electron chi connectivity index (χ1n) is 24.4. The van der Waals surface area contributed by atoms with Gasteiger partial charge in [0.05, 0.1) is 42.2 Å². The second kappa shape index (κ2) is 29.8. The zero-order valence-corrected chi connectivity index (χ0v) is 41.0. The highest BCUT2D eigenvalue weighted by atomic mass is 16.4. The van der Waals surface area contributed by atoms with Gasteiger partial charge in [0.25, 0.3) is 0 Å². The zero-order valence-electron chi connectivity index (χ0n) is 41.0. The van der Waals surface area contributed by atoms with Crippen molar-refractivity contribution in [2.75, 3.05) is 19.6 Å². The van der Waals surface area contributed by atoms with Crippen LogP contribution >= 0.6 is 0 Å². The van der Waals surface area contributed by atoms with Crippen LogP contribution < -0.4 is 32.7 Å². The van der Waals surface area contributed by atoms with Gasteiger partial charge in [-0.1, -0.05) is 34.1 Å². The third-order valence-corrected chi connectivity index (χ3v) is 12.7. The van der Waals surface area contributed by atoms with Gasteiger partial charge in [0.1, 0.15) is 5.78 Å². The summed E-state index contributed by atoms with van der Waals surface area (Å²) in [5.41, 5.74) is 10.9. The van der Waals surface area contributed by atoms with E-state index in [-0.39, 0.29) is 107 Å². The summed E-state index contributed by atoms with van der Waals surface area (Å²) in [4.78, 5) is 145. The molecule has 68 heavy (non-hydrogen) atoms. The number of primary amides is 1. The van der Waals surface area contributed by atoms with E-state index >= 15 is 0 Å². The molecule has 2 fully saturated rings. The molecule has 0 aromatic rings. The molecule has 0 aromatic carbocycles. The van der Waals surface area contributed by atoms with Crippen LogP contribution in [0.15, 0.2) is 0 Å². The van der Waals surface area contributed by atoms with Gasteiger partial charge in [-0.15, -0.1) is 0 Å². The normalized spacial score (nSPS) is 19.6. The van der Waals surface area contributed by atoms with Gasteiger partial charge in [0.15, 0.2) is 23.1 Å². The number of aliphatic hydroxyl groups excluding tert-OH is 1. The number of likely N-dealkylation sites (tertiary alicyclic amines) is 1. The molecular weight excluding hydrogens is 883 g/mol.